The molecule has 2 amide bonds. The van der Waals surface area contributed by atoms with Crippen LogP contribution in [-0.4, -0.2) is 35.0 Å². The van der Waals surface area contributed by atoms with Gasteiger partial charge >= 0.3 is 5.97 Å². The quantitative estimate of drug-likeness (QED) is 0.449. The van der Waals surface area contributed by atoms with E-state index in [1.165, 1.54) is 24.5 Å². The fourth-order valence-electron chi connectivity index (χ4n) is 2.30. The van der Waals surface area contributed by atoms with Crippen molar-refractivity contribution < 1.29 is 24.2 Å². The molecule has 0 saturated heterocycles. The first-order chi connectivity index (χ1) is 11.8. The third kappa shape index (κ3) is 6.06. The van der Waals surface area contributed by atoms with E-state index in [0.717, 1.165) is 0 Å². The molecule has 8 nitrogen and oxygen atoms in total. The molecule has 0 spiro atoms. The summed E-state index contributed by atoms with van der Waals surface area (Å²) in [7, 11) is 0. The summed E-state index contributed by atoms with van der Waals surface area (Å²) >= 11 is 0. The highest BCUT2D eigenvalue weighted by Crippen LogP contribution is 2.10. The Balaban J connectivity index is 2.89. The van der Waals surface area contributed by atoms with E-state index in [4.69, 9.17) is 0 Å². The van der Waals surface area contributed by atoms with Crippen LogP contribution in [-0.2, 0) is 9.59 Å². The fraction of sp³-hybridized carbons (Fsp3) is 0.529. The van der Waals surface area contributed by atoms with E-state index in [0.29, 0.717) is 24.0 Å². The second kappa shape index (κ2) is 9.61. The number of carboxylic acids is 1. The van der Waals surface area contributed by atoms with Gasteiger partial charge in [-0.15, -0.1) is 0 Å². The van der Waals surface area contributed by atoms with Gasteiger partial charge in [-0.1, -0.05) is 33.6 Å². The van der Waals surface area contributed by atoms with Crippen LogP contribution in [0.15, 0.2) is 24.5 Å². The number of carbonyl (C=O) groups is 3. The van der Waals surface area contributed by atoms with Crippen LogP contribution in [0.25, 0.3) is 0 Å². The predicted octanol–water partition coefficient (Wildman–Crippen LogP) is 0.834. The number of aliphatic carboxylic acids is 1. The number of nitrogens with one attached hydrogen (secondary N) is 2. The number of rotatable bonds is 9. The van der Waals surface area contributed by atoms with E-state index in [1.54, 1.807) is 6.92 Å². The van der Waals surface area contributed by atoms with Crippen molar-refractivity contribution in [3.8, 4) is 0 Å². The Hall–Kier alpha value is -2.64. The first-order valence-electron chi connectivity index (χ1n) is 8.33. The van der Waals surface area contributed by atoms with Gasteiger partial charge in [0.25, 0.3) is 5.91 Å². The standard InChI is InChI=1S/C17H25N3O5/c1-4-6-13(17(23)24)18-16(22)14(11(3)5-2)19-15(21)12-7-9-20(25)10-8-12/h7-11,13-14H,4-6H2,1-3H3,(H,18,22)(H,19,21)(H,23,24)/t11-,13-,14-/m0/s1. The van der Waals surface area contributed by atoms with Gasteiger partial charge in [-0.3, -0.25) is 9.59 Å². The van der Waals surface area contributed by atoms with Crippen molar-refractivity contribution in [1.29, 1.82) is 0 Å². The van der Waals surface area contributed by atoms with Crippen molar-refractivity contribution in [3.63, 3.8) is 0 Å². The van der Waals surface area contributed by atoms with Gasteiger partial charge in [0.1, 0.15) is 12.1 Å². The molecule has 0 saturated carbocycles. The number of aromatic nitrogens is 1. The van der Waals surface area contributed by atoms with Gasteiger partial charge in [0.05, 0.1) is 5.56 Å². The normalized spacial score (nSPS) is 14.2. The van der Waals surface area contributed by atoms with Crippen molar-refractivity contribution >= 4 is 17.8 Å². The van der Waals surface area contributed by atoms with E-state index < -0.39 is 29.9 Å². The van der Waals surface area contributed by atoms with Gasteiger partial charge in [0.2, 0.25) is 5.91 Å². The second-order valence-electron chi connectivity index (χ2n) is 5.97. The topological polar surface area (TPSA) is 122 Å². The summed E-state index contributed by atoms with van der Waals surface area (Å²) < 4.78 is 0.553. The minimum absolute atomic E-state index is 0.187. The maximum absolute atomic E-state index is 12.5. The molecule has 0 radical (unpaired) electrons. The molecule has 0 aromatic carbocycles. The maximum atomic E-state index is 12.5. The van der Waals surface area contributed by atoms with Gasteiger partial charge in [-0.25, -0.2) is 4.79 Å². The van der Waals surface area contributed by atoms with E-state index >= 15 is 0 Å². The van der Waals surface area contributed by atoms with Crippen LogP contribution in [0.1, 0.15) is 50.4 Å². The molecule has 3 atom stereocenters. The lowest BCUT2D eigenvalue weighted by atomic mass is 9.97. The molecule has 0 aliphatic carbocycles. The lowest BCUT2D eigenvalue weighted by molar-refractivity contribution is -0.605. The molecule has 1 aromatic rings. The SMILES string of the molecule is CCC[C@H](NC(=O)[C@@H](NC(=O)c1cc[n+]([O-])cc1)[C@@H](C)CC)C(=O)O. The number of hydrogen-bond donors (Lipinski definition) is 3. The molecule has 25 heavy (non-hydrogen) atoms. The Bertz CT molecular complexity index is 603. The summed E-state index contributed by atoms with van der Waals surface area (Å²) in [5.74, 6) is -2.32. The average Bonchev–Trinajstić information content (AvgIpc) is 2.58. The van der Waals surface area contributed by atoms with Crippen molar-refractivity contribution in [2.24, 2.45) is 5.92 Å². The van der Waals surface area contributed by atoms with E-state index in [2.05, 4.69) is 10.6 Å². The number of nitrogens with zero attached hydrogens (tertiary/aromatic N) is 1. The molecule has 0 fully saturated rings. The Labute approximate surface area is 146 Å². The van der Waals surface area contributed by atoms with Gasteiger partial charge < -0.3 is 20.9 Å². The van der Waals surface area contributed by atoms with Crippen LogP contribution in [0.5, 0.6) is 0 Å². The largest absolute Gasteiger partial charge is 0.619 e. The van der Waals surface area contributed by atoms with Crippen molar-refractivity contribution in [1.82, 2.24) is 10.6 Å². The van der Waals surface area contributed by atoms with Crippen molar-refractivity contribution in [2.45, 2.75) is 52.1 Å². The zero-order valence-corrected chi connectivity index (χ0v) is 14.7. The zero-order valence-electron chi connectivity index (χ0n) is 14.7. The lowest BCUT2D eigenvalue weighted by Crippen LogP contribution is -2.54. The lowest BCUT2D eigenvalue weighted by Gasteiger charge is -2.25. The number of pyridine rings is 1. The Morgan fingerprint density at radius 3 is 2.28 bits per heavy atom. The summed E-state index contributed by atoms with van der Waals surface area (Å²) in [4.78, 5) is 36.1. The van der Waals surface area contributed by atoms with Crippen molar-refractivity contribution in [3.05, 3.63) is 35.3 Å². The van der Waals surface area contributed by atoms with Crippen LogP contribution in [0, 0.1) is 11.1 Å². The van der Waals surface area contributed by atoms with Crippen LogP contribution in [0.3, 0.4) is 0 Å². The molecular weight excluding hydrogens is 326 g/mol. The van der Waals surface area contributed by atoms with Crippen LogP contribution >= 0.6 is 0 Å². The van der Waals surface area contributed by atoms with Gasteiger partial charge in [0.15, 0.2) is 12.4 Å². The smallest absolute Gasteiger partial charge is 0.326 e. The summed E-state index contributed by atoms with van der Waals surface area (Å²) in [6, 6.07) is 0.851. The highest BCUT2D eigenvalue weighted by atomic mass is 16.5. The molecule has 0 aliphatic rings. The summed E-state index contributed by atoms with van der Waals surface area (Å²) in [5.41, 5.74) is 0.247. The van der Waals surface area contributed by atoms with Crippen LogP contribution in [0.4, 0.5) is 0 Å². The van der Waals surface area contributed by atoms with E-state index in [1.807, 2.05) is 13.8 Å². The van der Waals surface area contributed by atoms with E-state index in [9.17, 15) is 24.7 Å². The monoisotopic (exact) mass is 351 g/mol. The van der Waals surface area contributed by atoms with Crippen LogP contribution in [0.2, 0.25) is 0 Å². The molecule has 138 valence electrons. The summed E-state index contributed by atoms with van der Waals surface area (Å²) in [6.07, 6.45) is 3.92. The molecule has 1 aromatic heterocycles. The highest BCUT2D eigenvalue weighted by Gasteiger charge is 2.29. The molecular formula is C17H25N3O5. The highest BCUT2D eigenvalue weighted by molar-refractivity contribution is 5.98. The first kappa shape index (κ1) is 20.4. The number of amides is 2. The Morgan fingerprint density at radius 1 is 1.20 bits per heavy atom. The summed E-state index contributed by atoms with van der Waals surface area (Å²) in [5, 5.41) is 25.3. The maximum Gasteiger partial charge on any atom is 0.326 e. The summed E-state index contributed by atoms with van der Waals surface area (Å²) in [6.45, 7) is 5.51. The molecule has 3 N–H and O–H groups in total. The number of carbonyl (C=O) groups excluding carboxylic acids is 2. The van der Waals surface area contributed by atoms with Gasteiger partial charge in [-0.05, 0) is 12.3 Å². The zero-order chi connectivity index (χ0) is 19.0. The Kier molecular flexibility index (Phi) is 7.84. The van der Waals surface area contributed by atoms with Gasteiger partial charge in [-0.2, -0.15) is 4.73 Å². The minimum Gasteiger partial charge on any atom is -0.619 e. The third-order valence-electron chi connectivity index (χ3n) is 4.04. The predicted molar refractivity (Wildman–Crippen MR) is 90.6 cm³/mol. The second-order valence-corrected chi connectivity index (χ2v) is 5.97. The Morgan fingerprint density at radius 2 is 1.80 bits per heavy atom. The van der Waals surface area contributed by atoms with E-state index in [-0.39, 0.29) is 11.5 Å². The molecule has 1 heterocycles. The molecule has 0 unspecified atom stereocenters. The van der Waals surface area contributed by atoms with Crippen LogP contribution < -0.4 is 15.4 Å². The molecule has 0 aliphatic heterocycles. The number of hydrogen-bond acceptors (Lipinski definition) is 4. The molecule has 0 bridgehead atoms. The fourth-order valence-corrected chi connectivity index (χ4v) is 2.30. The minimum atomic E-state index is -1.10. The molecule has 8 heteroatoms. The third-order valence-corrected chi connectivity index (χ3v) is 4.04. The number of carboxylic acid groups (broad SMARTS) is 1. The first-order valence-corrected chi connectivity index (χ1v) is 8.33. The van der Waals surface area contributed by atoms with Gasteiger partial charge in [0, 0.05) is 12.1 Å². The average molecular weight is 351 g/mol. The van der Waals surface area contributed by atoms with Crippen molar-refractivity contribution in [2.75, 3.05) is 0 Å². The molecule has 1 rings (SSSR count).